The first-order valence-electron chi connectivity index (χ1n) is 10.1. The van der Waals surface area contributed by atoms with Crippen molar-refractivity contribution in [3.63, 3.8) is 0 Å². The van der Waals surface area contributed by atoms with Gasteiger partial charge in [0, 0.05) is 50.0 Å². The second kappa shape index (κ2) is 11.0. The van der Waals surface area contributed by atoms with E-state index in [0.29, 0.717) is 12.2 Å². The van der Waals surface area contributed by atoms with Crippen LogP contribution in [0.15, 0.2) is 48.5 Å². The van der Waals surface area contributed by atoms with Crippen LogP contribution >= 0.6 is 11.6 Å². The third-order valence-corrected chi connectivity index (χ3v) is 5.36. The first-order valence-corrected chi connectivity index (χ1v) is 10.4. The van der Waals surface area contributed by atoms with Crippen molar-refractivity contribution in [3.8, 4) is 0 Å². The summed E-state index contributed by atoms with van der Waals surface area (Å²) in [7, 11) is 0. The largest absolute Gasteiger partial charge is 0.478 e. The number of carboxylic acids is 1. The van der Waals surface area contributed by atoms with Crippen LogP contribution in [0.1, 0.15) is 22.3 Å². The Labute approximate surface area is 181 Å². The number of carbonyl (C=O) groups is 2. The van der Waals surface area contributed by atoms with Crippen molar-refractivity contribution >= 4 is 29.3 Å². The standard InChI is InChI=1S/C22H27ClN4O3/c23-19-6-2-17(3-7-19)16-27-14-12-26(13-15-27)11-1-10-24-22(30)25-20-8-4-18(5-9-20)21(28)29/h2-9H,1,10-16H2,(H,28,29)(H2,24,25,30). The highest BCUT2D eigenvalue weighted by molar-refractivity contribution is 6.30. The molecule has 0 unspecified atom stereocenters. The van der Waals surface area contributed by atoms with Gasteiger partial charge in [-0.15, -0.1) is 0 Å². The molecule has 1 saturated heterocycles. The number of amides is 2. The summed E-state index contributed by atoms with van der Waals surface area (Å²) in [6.45, 7) is 6.59. The minimum atomic E-state index is -0.989. The second-order valence-electron chi connectivity index (χ2n) is 7.36. The molecule has 0 aliphatic carbocycles. The molecule has 1 aliphatic rings. The summed E-state index contributed by atoms with van der Waals surface area (Å²) in [6.07, 6.45) is 0.878. The molecule has 2 amide bonds. The van der Waals surface area contributed by atoms with E-state index in [1.54, 1.807) is 12.1 Å². The summed E-state index contributed by atoms with van der Waals surface area (Å²) in [6, 6.07) is 13.8. The lowest BCUT2D eigenvalue weighted by Crippen LogP contribution is -2.46. The Morgan fingerprint density at radius 1 is 0.933 bits per heavy atom. The summed E-state index contributed by atoms with van der Waals surface area (Å²) in [5, 5.41) is 15.2. The number of piperazine rings is 1. The van der Waals surface area contributed by atoms with Gasteiger partial charge < -0.3 is 20.6 Å². The fraction of sp³-hybridized carbons (Fsp3) is 0.364. The van der Waals surface area contributed by atoms with E-state index in [9.17, 15) is 9.59 Å². The Kier molecular flexibility index (Phi) is 8.07. The van der Waals surface area contributed by atoms with Crippen LogP contribution in [0.25, 0.3) is 0 Å². The summed E-state index contributed by atoms with van der Waals surface area (Å²) in [5.41, 5.74) is 2.03. The number of rotatable bonds is 8. The highest BCUT2D eigenvalue weighted by Gasteiger charge is 2.16. The number of benzene rings is 2. The van der Waals surface area contributed by atoms with Crippen molar-refractivity contribution in [1.82, 2.24) is 15.1 Å². The molecule has 2 aromatic carbocycles. The van der Waals surface area contributed by atoms with Gasteiger partial charge in [0.25, 0.3) is 0 Å². The van der Waals surface area contributed by atoms with Crippen LogP contribution in [-0.2, 0) is 6.54 Å². The molecule has 1 fully saturated rings. The molecule has 2 aromatic rings. The SMILES string of the molecule is O=C(NCCCN1CCN(Cc2ccc(Cl)cc2)CC1)Nc1ccc(C(=O)O)cc1. The predicted octanol–water partition coefficient (Wildman–Crippen LogP) is 3.37. The molecular weight excluding hydrogens is 404 g/mol. The molecule has 30 heavy (non-hydrogen) atoms. The topological polar surface area (TPSA) is 84.9 Å². The highest BCUT2D eigenvalue weighted by atomic mass is 35.5. The molecule has 0 saturated carbocycles. The predicted molar refractivity (Wildman–Crippen MR) is 118 cm³/mol. The van der Waals surface area contributed by atoms with Gasteiger partial charge in [0.2, 0.25) is 0 Å². The number of carboxylic acid groups (broad SMARTS) is 1. The number of hydrogen-bond acceptors (Lipinski definition) is 4. The molecule has 7 nitrogen and oxygen atoms in total. The van der Waals surface area contributed by atoms with Crippen molar-refractivity contribution in [2.75, 3.05) is 44.6 Å². The summed E-state index contributed by atoms with van der Waals surface area (Å²) in [4.78, 5) is 27.7. The van der Waals surface area contributed by atoms with Crippen LogP contribution in [0.5, 0.6) is 0 Å². The van der Waals surface area contributed by atoms with Gasteiger partial charge in [0.05, 0.1) is 5.56 Å². The zero-order valence-electron chi connectivity index (χ0n) is 16.8. The number of carbonyl (C=O) groups excluding carboxylic acids is 1. The van der Waals surface area contributed by atoms with E-state index >= 15 is 0 Å². The van der Waals surface area contributed by atoms with E-state index in [0.717, 1.165) is 50.7 Å². The van der Waals surface area contributed by atoms with Crippen LogP contribution in [0.4, 0.5) is 10.5 Å². The second-order valence-corrected chi connectivity index (χ2v) is 7.80. The zero-order valence-corrected chi connectivity index (χ0v) is 17.6. The van der Waals surface area contributed by atoms with Crippen molar-refractivity contribution in [1.29, 1.82) is 0 Å². The van der Waals surface area contributed by atoms with E-state index < -0.39 is 5.97 Å². The normalized spacial score (nSPS) is 15.0. The van der Waals surface area contributed by atoms with Gasteiger partial charge in [-0.3, -0.25) is 4.90 Å². The van der Waals surface area contributed by atoms with Gasteiger partial charge in [-0.25, -0.2) is 9.59 Å². The van der Waals surface area contributed by atoms with Gasteiger partial charge >= 0.3 is 12.0 Å². The molecule has 1 aliphatic heterocycles. The molecule has 160 valence electrons. The lowest BCUT2D eigenvalue weighted by molar-refractivity contribution is 0.0697. The quantitative estimate of drug-likeness (QED) is 0.559. The average molecular weight is 431 g/mol. The first kappa shape index (κ1) is 22.1. The number of urea groups is 1. The molecule has 3 rings (SSSR count). The maximum atomic E-state index is 12.0. The number of anilines is 1. The van der Waals surface area contributed by atoms with Crippen molar-refractivity contribution in [2.45, 2.75) is 13.0 Å². The lowest BCUT2D eigenvalue weighted by atomic mass is 10.2. The molecule has 0 aromatic heterocycles. The number of aromatic carboxylic acids is 1. The van der Waals surface area contributed by atoms with E-state index in [2.05, 4.69) is 32.6 Å². The van der Waals surface area contributed by atoms with Gasteiger partial charge in [-0.05, 0) is 54.9 Å². The Morgan fingerprint density at radius 2 is 1.57 bits per heavy atom. The minimum Gasteiger partial charge on any atom is -0.478 e. The van der Waals surface area contributed by atoms with Gasteiger partial charge in [-0.1, -0.05) is 23.7 Å². The molecular formula is C22H27ClN4O3. The van der Waals surface area contributed by atoms with Gasteiger partial charge in [-0.2, -0.15) is 0 Å². The zero-order chi connectivity index (χ0) is 21.3. The molecule has 0 bridgehead atoms. The molecule has 1 heterocycles. The minimum absolute atomic E-state index is 0.189. The van der Waals surface area contributed by atoms with Crippen LogP contribution < -0.4 is 10.6 Å². The third-order valence-electron chi connectivity index (χ3n) is 5.11. The van der Waals surface area contributed by atoms with Gasteiger partial charge in [0.1, 0.15) is 0 Å². The Bertz CT molecular complexity index is 834. The molecule has 3 N–H and O–H groups in total. The first-order chi connectivity index (χ1) is 14.5. The van der Waals surface area contributed by atoms with Crippen LogP contribution in [-0.4, -0.2) is 66.2 Å². The van der Waals surface area contributed by atoms with Crippen LogP contribution in [0.2, 0.25) is 5.02 Å². The van der Waals surface area contributed by atoms with Gasteiger partial charge in [0.15, 0.2) is 0 Å². The van der Waals surface area contributed by atoms with Crippen molar-refractivity contribution < 1.29 is 14.7 Å². The Balaban J connectivity index is 1.28. The lowest BCUT2D eigenvalue weighted by Gasteiger charge is -2.34. The van der Waals surface area contributed by atoms with E-state index in [-0.39, 0.29) is 11.6 Å². The van der Waals surface area contributed by atoms with E-state index in [1.165, 1.54) is 17.7 Å². The number of nitrogens with zero attached hydrogens (tertiary/aromatic N) is 2. The molecule has 8 heteroatoms. The van der Waals surface area contributed by atoms with E-state index in [4.69, 9.17) is 16.7 Å². The summed E-state index contributed by atoms with van der Waals surface area (Å²) < 4.78 is 0. The average Bonchev–Trinajstić information content (AvgIpc) is 2.74. The monoisotopic (exact) mass is 430 g/mol. The number of hydrogen-bond donors (Lipinski definition) is 3. The molecule has 0 spiro atoms. The number of nitrogens with one attached hydrogen (secondary N) is 2. The van der Waals surface area contributed by atoms with Crippen molar-refractivity contribution in [2.24, 2.45) is 0 Å². The Morgan fingerprint density at radius 3 is 2.20 bits per heavy atom. The molecule has 0 atom stereocenters. The maximum absolute atomic E-state index is 12.0. The van der Waals surface area contributed by atoms with E-state index in [1.807, 2.05) is 12.1 Å². The summed E-state index contributed by atoms with van der Waals surface area (Å²) in [5.74, 6) is -0.989. The fourth-order valence-corrected chi connectivity index (χ4v) is 3.52. The smallest absolute Gasteiger partial charge is 0.335 e. The third kappa shape index (κ3) is 7.02. The number of halogens is 1. The van der Waals surface area contributed by atoms with Crippen LogP contribution in [0, 0.1) is 0 Å². The molecule has 0 radical (unpaired) electrons. The summed E-state index contributed by atoms with van der Waals surface area (Å²) >= 11 is 5.94. The Hall–Kier alpha value is -2.61. The fourth-order valence-electron chi connectivity index (χ4n) is 3.40. The van der Waals surface area contributed by atoms with Crippen molar-refractivity contribution in [3.05, 3.63) is 64.7 Å². The van der Waals surface area contributed by atoms with Crippen LogP contribution in [0.3, 0.4) is 0 Å². The maximum Gasteiger partial charge on any atom is 0.335 e. The highest BCUT2D eigenvalue weighted by Crippen LogP contribution is 2.13.